The summed E-state index contributed by atoms with van der Waals surface area (Å²) in [5, 5.41) is 12.1. The predicted octanol–water partition coefficient (Wildman–Crippen LogP) is 1.98. The van der Waals surface area contributed by atoms with Crippen LogP contribution in [0.5, 0.6) is 0 Å². The minimum absolute atomic E-state index is 0.163. The highest BCUT2D eigenvalue weighted by Crippen LogP contribution is 2.17. The first-order chi connectivity index (χ1) is 9.96. The summed E-state index contributed by atoms with van der Waals surface area (Å²) in [4.78, 5) is 4.38. The number of aromatic nitrogens is 1. The van der Waals surface area contributed by atoms with Gasteiger partial charge in [0.05, 0.1) is 28.7 Å². The fourth-order valence-corrected chi connectivity index (χ4v) is 3.67. The Bertz CT molecular complexity index is 724. The van der Waals surface area contributed by atoms with E-state index in [0.717, 1.165) is 17.0 Å². The summed E-state index contributed by atoms with van der Waals surface area (Å²) >= 11 is 1.48. The molecule has 0 radical (unpaired) electrons. The van der Waals surface area contributed by atoms with Crippen molar-refractivity contribution in [2.24, 2.45) is 0 Å². The van der Waals surface area contributed by atoms with Gasteiger partial charge in [0.15, 0.2) is 0 Å². The number of sulfonamides is 1. The molecule has 1 heterocycles. The summed E-state index contributed by atoms with van der Waals surface area (Å²) in [5.74, 6) is 0. The van der Waals surface area contributed by atoms with Gasteiger partial charge in [0, 0.05) is 5.38 Å². The van der Waals surface area contributed by atoms with E-state index in [-0.39, 0.29) is 18.0 Å². The first-order valence-corrected chi connectivity index (χ1v) is 8.96. The number of benzene rings is 1. The third-order valence-electron chi connectivity index (χ3n) is 3.15. The van der Waals surface area contributed by atoms with Crippen LogP contribution in [0.25, 0.3) is 0 Å². The minimum Gasteiger partial charge on any atom is -0.392 e. The van der Waals surface area contributed by atoms with Gasteiger partial charge < -0.3 is 5.11 Å². The smallest absolute Gasteiger partial charge is 0.240 e. The van der Waals surface area contributed by atoms with Crippen LogP contribution >= 0.6 is 11.3 Å². The fraction of sp³-hybridized carbons (Fsp3) is 0.357. The number of aryl methyl sites for hydroxylation is 2. The van der Waals surface area contributed by atoms with Crippen molar-refractivity contribution >= 4 is 21.4 Å². The van der Waals surface area contributed by atoms with Crippen LogP contribution in [-0.4, -0.2) is 18.5 Å². The molecule has 1 aromatic heterocycles. The maximum atomic E-state index is 12.3. The number of aliphatic hydroxyl groups excluding tert-OH is 1. The molecule has 0 spiro atoms. The molecular formula is C14H18N2O3S2. The van der Waals surface area contributed by atoms with Gasteiger partial charge in [-0.05, 0) is 36.6 Å². The van der Waals surface area contributed by atoms with Gasteiger partial charge in [-0.25, -0.2) is 18.1 Å². The van der Waals surface area contributed by atoms with Crippen LogP contribution in [0.3, 0.4) is 0 Å². The van der Waals surface area contributed by atoms with Crippen molar-refractivity contribution < 1.29 is 13.5 Å². The van der Waals surface area contributed by atoms with Crippen molar-refractivity contribution in [2.45, 2.75) is 38.3 Å². The molecule has 7 heteroatoms. The summed E-state index contributed by atoms with van der Waals surface area (Å²) in [6, 6.07) is 4.83. The van der Waals surface area contributed by atoms with E-state index in [4.69, 9.17) is 0 Å². The van der Waals surface area contributed by atoms with E-state index >= 15 is 0 Å². The molecular weight excluding hydrogens is 308 g/mol. The molecule has 0 fully saturated rings. The molecule has 2 N–H and O–H groups in total. The molecule has 2 aromatic rings. The molecule has 0 saturated carbocycles. The molecule has 0 amide bonds. The second-order valence-electron chi connectivity index (χ2n) is 4.62. The van der Waals surface area contributed by atoms with E-state index in [0.29, 0.717) is 11.3 Å². The van der Waals surface area contributed by atoms with Gasteiger partial charge in [-0.15, -0.1) is 11.3 Å². The monoisotopic (exact) mass is 326 g/mol. The number of hydrogen-bond donors (Lipinski definition) is 2. The second kappa shape index (κ2) is 6.65. The summed E-state index contributed by atoms with van der Waals surface area (Å²) < 4.78 is 27.1. The lowest BCUT2D eigenvalue weighted by atomic mass is 10.1. The van der Waals surface area contributed by atoms with Gasteiger partial charge in [-0.1, -0.05) is 13.0 Å². The molecule has 0 aliphatic rings. The van der Waals surface area contributed by atoms with Gasteiger partial charge in [-0.3, -0.25) is 0 Å². The standard InChI is InChI=1S/C14H18N2O3S2/c1-3-11-4-5-14(6-12(11)8-17)21(18,19)15-7-13-9-20-10(2)16-13/h4-6,9,15,17H,3,7-8H2,1-2H3. The third kappa shape index (κ3) is 3.88. The number of nitrogens with zero attached hydrogens (tertiary/aromatic N) is 1. The van der Waals surface area contributed by atoms with Crippen LogP contribution in [0, 0.1) is 6.92 Å². The van der Waals surface area contributed by atoms with Crippen LogP contribution in [0.2, 0.25) is 0 Å². The van der Waals surface area contributed by atoms with E-state index in [1.807, 2.05) is 19.2 Å². The topological polar surface area (TPSA) is 79.3 Å². The van der Waals surface area contributed by atoms with Crippen LogP contribution < -0.4 is 4.72 Å². The lowest BCUT2D eigenvalue weighted by Gasteiger charge is -2.10. The number of rotatable bonds is 6. The fourth-order valence-electron chi connectivity index (χ4n) is 2.00. The average Bonchev–Trinajstić information content (AvgIpc) is 2.90. The van der Waals surface area contributed by atoms with Crippen molar-refractivity contribution in [1.29, 1.82) is 0 Å². The zero-order valence-corrected chi connectivity index (χ0v) is 13.6. The molecule has 114 valence electrons. The van der Waals surface area contributed by atoms with Crippen molar-refractivity contribution in [3.8, 4) is 0 Å². The molecule has 0 unspecified atom stereocenters. The Hall–Kier alpha value is -1.28. The van der Waals surface area contributed by atoms with E-state index in [9.17, 15) is 13.5 Å². The molecule has 2 rings (SSSR count). The Kier molecular flexibility index (Phi) is 5.10. The van der Waals surface area contributed by atoms with Gasteiger partial charge in [0.25, 0.3) is 0 Å². The molecule has 0 atom stereocenters. The maximum Gasteiger partial charge on any atom is 0.240 e. The number of hydrogen-bond acceptors (Lipinski definition) is 5. The highest BCUT2D eigenvalue weighted by Gasteiger charge is 2.16. The second-order valence-corrected chi connectivity index (χ2v) is 7.45. The van der Waals surface area contributed by atoms with Crippen molar-refractivity contribution in [2.75, 3.05) is 0 Å². The Morgan fingerprint density at radius 1 is 1.33 bits per heavy atom. The summed E-state index contributed by atoms with van der Waals surface area (Å²) in [6.07, 6.45) is 0.752. The minimum atomic E-state index is -3.60. The van der Waals surface area contributed by atoms with Crippen LogP contribution in [0.1, 0.15) is 28.8 Å². The normalized spacial score (nSPS) is 11.8. The van der Waals surface area contributed by atoms with Gasteiger partial charge in [0.2, 0.25) is 10.0 Å². The molecule has 0 aliphatic heterocycles. The molecule has 1 aromatic carbocycles. The van der Waals surface area contributed by atoms with Gasteiger partial charge in [-0.2, -0.15) is 0 Å². The summed E-state index contributed by atoms with van der Waals surface area (Å²) in [5.41, 5.74) is 2.30. The third-order valence-corrected chi connectivity index (χ3v) is 5.37. The van der Waals surface area contributed by atoms with Crippen molar-refractivity contribution in [3.63, 3.8) is 0 Å². The van der Waals surface area contributed by atoms with Gasteiger partial charge >= 0.3 is 0 Å². The number of nitrogens with one attached hydrogen (secondary N) is 1. The molecule has 0 saturated heterocycles. The Morgan fingerprint density at radius 3 is 2.67 bits per heavy atom. The van der Waals surface area contributed by atoms with Crippen molar-refractivity contribution in [3.05, 3.63) is 45.4 Å². The van der Waals surface area contributed by atoms with E-state index in [1.54, 1.807) is 12.1 Å². The summed E-state index contributed by atoms with van der Waals surface area (Å²) in [7, 11) is -3.60. The Labute approximate surface area is 128 Å². The van der Waals surface area contributed by atoms with E-state index in [1.165, 1.54) is 17.4 Å². The maximum absolute atomic E-state index is 12.3. The van der Waals surface area contributed by atoms with Crippen LogP contribution in [-0.2, 0) is 29.6 Å². The van der Waals surface area contributed by atoms with Gasteiger partial charge in [0.1, 0.15) is 0 Å². The largest absolute Gasteiger partial charge is 0.392 e. The highest BCUT2D eigenvalue weighted by molar-refractivity contribution is 7.89. The Balaban J connectivity index is 2.19. The number of aliphatic hydroxyl groups is 1. The van der Waals surface area contributed by atoms with E-state index < -0.39 is 10.0 Å². The Morgan fingerprint density at radius 2 is 2.10 bits per heavy atom. The zero-order valence-electron chi connectivity index (χ0n) is 12.0. The number of thiazole rings is 1. The van der Waals surface area contributed by atoms with Crippen LogP contribution in [0.15, 0.2) is 28.5 Å². The zero-order chi connectivity index (χ0) is 15.5. The lowest BCUT2D eigenvalue weighted by Crippen LogP contribution is -2.23. The molecule has 21 heavy (non-hydrogen) atoms. The lowest BCUT2D eigenvalue weighted by molar-refractivity contribution is 0.280. The average molecular weight is 326 g/mol. The quantitative estimate of drug-likeness (QED) is 0.851. The first-order valence-electron chi connectivity index (χ1n) is 6.59. The summed E-state index contributed by atoms with van der Waals surface area (Å²) in [6.45, 7) is 3.83. The molecule has 0 bridgehead atoms. The molecule has 0 aliphatic carbocycles. The first kappa shape index (κ1) is 16.1. The van der Waals surface area contributed by atoms with Crippen molar-refractivity contribution in [1.82, 2.24) is 9.71 Å². The molecule has 5 nitrogen and oxygen atoms in total. The van der Waals surface area contributed by atoms with E-state index in [2.05, 4.69) is 9.71 Å². The highest BCUT2D eigenvalue weighted by atomic mass is 32.2. The van der Waals surface area contributed by atoms with Crippen LogP contribution in [0.4, 0.5) is 0 Å². The SMILES string of the molecule is CCc1ccc(S(=O)(=O)NCc2csc(C)n2)cc1CO. The predicted molar refractivity (Wildman–Crippen MR) is 82.6 cm³/mol.